The fourth-order valence-corrected chi connectivity index (χ4v) is 4.85. The molecule has 0 saturated carbocycles. The summed E-state index contributed by atoms with van der Waals surface area (Å²) < 4.78 is 0.601. The van der Waals surface area contributed by atoms with Gasteiger partial charge in [-0.25, -0.2) is 4.98 Å². The van der Waals surface area contributed by atoms with Crippen LogP contribution in [0.2, 0.25) is 0 Å². The summed E-state index contributed by atoms with van der Waals surface area (Å²) in [7, 11) is 0. The van der Waals surface area contributed by atoms with Crippen molar-refractivity contribution in [3.63, 3.8) is 0 Å². The fraction of sp³-hybridized carbons (Fsp3) is 0.105. The number of benzene rings is 2. The minimum atomic E-state index is -0.244. The third kappa shape index (κ3) is 4.78. The van der Waals surface area contributed by atoms with Crippen molar-refractivity contribution in [2.75, 3.05) is 16.4 Å². The van der Waals surface area contributed by atoms with Gasteiger partial charge >= 0.3 is 0 Å². The molecule has 0 radical (unpaired) electrons. The minimum Gasteiger partial charge on any atom is -0.301 e. The van der Waals surface area contributed by atoms with Crippen LogP contribution in [0, 0.1) is 6.92 Å². The largest absolute Gasteiger partial charge is 0.301 e. The van der Waals surface area contributed by atoms with Crippen LogP contribution in [-0.2, 0) is 4.79 Å². The lowest BCUT2D eigenvalue weighted by Gasteiger charge is -2.05. The van der Waals surface area contributed by atoms with E-state index in [1.807, 2.05) is 48.7 Å². The molecular formula is C19H15N5O2S3. The highest BCUT2D eigenvalue weighted by molar-refractivity contribution is 8.01. The second-order valence-corrected chi connectivity index (χ2v) is 9.04. The van der Waals surface area contributed by atoms with Crippen LogP contribution in [0.25, 0.3) is 10.8 Å². The van der Waals surface area contributed by atoms with Crippen LogP contribution in [0.3, 0.4) is 0 Å². The number of thioether (sulfide) groups is 1. The van der Waals surface area contributed by atoms with Crippen LogP contribution in [0.5, 0.6) is 0 Å². The zero-order valence-electron chi connectivity index (χ0n) is 15.2. The number of aromatic nitrogens is 3. The molecule has 0 atom stereocenters. The Balaban J connectivity index is 1.36. The number of anilines is 2. The molecule has 2 aromatic heterocycles. The van der Waals surface area contributed by atoms with Crippen LogP contribution in [0.4, 0.5) is 10.3 Å². The first-order valence-electron chi connectivity index (χ1n) is 8.56. The predicted molar refractivity (Wildman–Crippen MR) is 118 cm³/mol. The molecule has 2 heterocycles. The summed E-state index contributed by atoms with van der Waals surface area (Å²) in [4.78, 5) is 28.9. The summed E-state index contributed by atoms with van der Waals surface area (Å²) in [6.45, 7) is 1.87. The Morgan fingerprint density at radius 2 is 1.86 bits per heavy atom. The van der Waals surface area contributed by atoms with E-state index in [0.717, 1.165) is 16.5 Å². The van der Waals surface area contributed by atoms with Gasteiger partial charge in [0.25, 0.3) is 5.91 Å². The molecule has 0 aliphatic rings. The number of carbonyl (C=O) groups is 2. The number of nitrogens with zero attached hydrogens (tertiary/aromatic N) is 3. The smallest absolute Gasteiger partial charge is 0.258 e. The van der Waals surface area contributed by atoms with Gasteiger partial charge in [-0.05, 0) is 23.8 Å². The molecule has 146 valence electrons. The molecule has 4 rings (SSSR count). The average Bonchev–Trinajstić information content (AvgIpc) is 3.34. The maximum Gasteiger partial charge on any atom is 0.258 e. The summed E-state index contributed by atoms with van der Waals surface area (Å²) in [5.41, 5.74) is 1.44. The molecule has 0 saturated heterocycles. The van der Waals surface area contributed by atoms with E-state index in [1.165, 1.54) is 34.4 Å². The first kappa shape index (κ1) is 19.5. The van der Waals surface area contributed by atoms with E-state index in [-0.39, 0.29) is 17.6 Å². The van der Waals surface area contributed by atoms with Gasteiger partial charge in [-0.3, -0.25) is 14.9 Å². The van der Waals surface area contributed by atoms with E-state index in [2.05, 4.69) is 25.8 Å². The van der Waals surface area contributed by atoms with Crippen LogP contribution < -0.4 is 10.6 Å². The third-order valence-electron chi connectivity index (χ3n) is 3.85. The maximum atomic E-state index is 12.7. The van der Waals surface area contributed by atoms with E-state index in [1.54, 1.807) is 6.07 Å². The number of thiazole rings is 1. The van der Waals surface area contributed by atoms with E-state index >= 15 is 0 Å². The molecule has 0 unspecified atom stereocenters. The topological polar surface area (TPSA) is 96.9 Å². The Bertz CT molecular complexity index is 1180. The summed E-state index contributed by atoms with van der Waals surface area (Å²) in [5.74, 6) is -0.225. The van der Waals surface area contributed by atoms with Gasteiger partial charge in [0.05, 0.1) is 11.4 Å². The van der Waals surface area contributed by atoms with Crippen LogP contribution >= 0.6 is 34.4 Å². The lowest BCUT2D eigenvalue weighted by atomic mass is 10.0. The fourth-order valence-electron chi connectivity index (χ4n) is 2.60. The average molecular weight is 442 g/mol. The maximum absolute atomic E-state index is 12.7. The monoisotopic (exact) mass is 441 g/mol. The lowest BCUT2D eigenvalue weighted by molar-refractivity contribution is -0.113. The second-order valence-electron chi connectivity index (χ2n) is 5.98. The van der Waals surface area contributed by atoms with Crippen molar-refractivity contribution in [1.82, 2.24) is 15.2 Å². The molecule has 0 bridgehead atoms. The molecule has 2 N–H and O–H groups in total. The highest BCUT2D eigenvalue weighted by Gasteiger charge is 2.14. The van der Waals surface area contributed by atoms with Crippen molar-refractivity contribution >= 4 is 67.3 Å². The van der Waals surface area contributed by atoms with E-state index < -0.39 is 0 Å². The van der Waals surface area contributed by atoms with Gasteiger partial charge in [-0.2, -0.15) is 0 Å². The Kier molecular flexibility index (Phi) is 5.84. The first-order valence-corrected chi connectivity index (χ1v) is 11.2. The van der Waals surface area contributed by atoms with Gasteiger partial charge < -0.3 is 5.32 Å². The van der Waals surface area contributed by atoms with Crippen molar-refractivity contribution < 1.29 is 9.59 Å². The Morgan fingerprint density at radius 3 is 2.69 bits per heavy atom. The number of hydrogen-bond acceptors (Lipinski definition) is 8. The molecule has 29 heavy (non-hydrogen) atoms. The van der Waals surface area contributed by atoms with Crippen molar-refractivity contribution in [3.8, 4) is 0 Å². The predicted octanol–water partition coefficient (Wildman–Crippen LogP) is 4.44. The second kappa shape index (κ2) is 8.68. The number of fused-ring (bicyclic) bond motifs is 1. The molecule has 0 fully saturated rings. The number of hydrogen-bond donors (Lipinski definition) is 2. The van der Waals surface area contributed by atoms with Crippen molar-refractivity contribution in [3.05, 3.63) is 59.1 Å². The van der Waals surface area contributed by atoms with Gasteiger partial charge in [-0.1, -0.05) is 59.5 Å². The molecule has 10 heteroatoms. The van der Waals surface area contributed by atoms with Gasteiger partial charge in [0.2, 0.25) is 11.0 Å². The van der Waals surface area contributed by atoms with Gasteiger partial charge in [-0.15, -0.1) is 21.5 Å². The molecular weight excluding hydrogens is 426 g/mol. The number of nitrogens with one attached hydrogen (secondary N) is 2. The standard InChI is InChI=1S/C19H15N5O2S3/c1-11-9-27-17(20-11)21-15(25)10-28-19-24-23-18(29-19)22-16(26)14-8-4-6-12-5-2-3-7-13(12)14/h2-9H,10H2,1H3,(H,20,21,25)(H,22,23,26). The highest BCUT2D eigenvalue weighted by Crippen LogP contribution is 2.27. The normalized spacial score (nSPS) is 10.8. The Labute approximate surface area is 178 Å². The Hall–Kier alpha value is -2.82. The van der Waals surface area contributed by atoms with Crippen molar-refractivity contribution in [2.24, 2.45) is 0 Å². The Morgan fingerprint density at radius 1 is 1.03 bits per heavy atom. The van der Waals surface area contributed by atoms with E-state index in [0.29, 0.717) is 20.2 Å². The summed E-state index contributed by atoms with van der Waals surface area (Å²) in [6.07, 6.45) is 0. The van der Waals surface area contributed by atoms with Crippen LogP contribution in [-0.4, -0.2) is 32.7 Å². The lowest BCUT2D eigenvalue weighted by Crippen LogP contribution is -2.13. The van der Waals surface area contributed by atoms with Crippen molar-refractivity contribution in [2.45, 2.75) is 11.3 Å². The highest BCUT2D eigenvalue weighted by atomic mass is 32.2. The van der Waals surface area contributed by atoms with Crippen LogP contribution in [0.1, 0.15) is 16.1 Å². The number of carbonyl (C=O) groups excluding carboxylic acids is 2. The molecule has 2 amide bonds. The zero-order valence-corrected chi connectivity index (χ0v) is 17.7. The summed E-state index contributed by atoms with van der Waals surface area (Å²) in [6, 6.07) is 13.3. The molecule has 0 aliphatic carbocycles. The van der Waals surface area contributed by atoms with E-state index in [4.69, 9.17) is 0 Å². The molecule has 4 aromatic rings. The van der Waals surface area contributed by atoms with E-state index in [9.17, 15) is 9.59 Å². The molecule has 0 spiro atoms. The van der Waals surface area contributed by atoms with Gasteiger partial charge in [0.1, 0.15) is 0 Å². The number of amides is 2. The molecule has 7 nitrogen and oxygen atoms in total. The number of rotatable bonds is 6. The minimum absolute atomic E-state index is 0.166. The van der Waals surface area contributed by atoms with Gasteiger partial charge in [0.15, 0.2) is 9.47 Å². The molecule has 2 aromatic carbocycles. The van der Waals surface area contributed by atoms with Crippen molar-refractivity contribution in [1.29, 1.82) is 0 Å². The third-order valence-corrected chi connectivity index (χ3v) is 6.70. The van der Waals surface area contributed by atoms with Gasteiger partial charge in [0, 0.05) is 10.9 Å². The zero-order chi connectivity index (χ0) is 20.2. The first-order chi connectivity index (χ1) is 14.1. The summed E-state index contributed by atoms with van der Waals surface area (Å²) in [5, 5.41) is 18.3. The SMILES string of the molecule is Cc1csc(NC(=O)CSc2nnc(NC(=O)c3cccc4ccccc34)s2)n1. The van der Waals surface area contributed by atoms with Crippen LogP contribution in [0.15, 0.2) is 52.2 Å². The quantitative estimate of drug-likeness (QED) is 0.339. The number of aryl methyl sites for hydroxylation is 1. The summed E-state index contributed by atoms with van der Waals surface area (Å²) >= 11 is 3.87. The molecule has 0 aliphatic heterocycles.